The molecule has 7 nitrogen and oxygen atoms in total. The molecule has 0 saturated heterocycles. The molecule has 1 aromatic carbocycles. The molecule has 4 rings (SSSR count). The summed E-state index contributed by atoms with van der Waals surface area (Å²) < 4.78 is 4.24. The predicted octanol–water partition coefficient (Wildman–Crippen LogP) is 3.75. The number of hydrogen-bond donors (Lipinski definition) is 1. The van der Waals surface area contributed by atoms with Crippen molar-refractivity contribution in [1.82, 2.24) is 24.5 Å². The molecule has 3 aromatic heterocycles. The van der Waals surface area contributed by atoms with Gasteiger partial charge in [0.05, 0.1) is 11.3 Å². The van der Waals surface area contributed by atoms with Crippen LogP contribution in [0.15, 0.2) is 51.7 Å². The number of hydrogen-bond acceptors (Lipinski definition) is 6. The fraction of sp³-hybridized carbons (Fsp3) is 0.364. The molecule has 0 aliphatic carbocycles. The minimum absolute atomic E-state index is 0.0340. The molecule has 1 atom stereocenters. The molecule has 0 aliphatic heterocycles. The second-order valence-electron chi connectivity index (χ2n) is 7.49. The molecule has 0 aliphatic rings. The average Bonchev–Trinajstić information content (AvgIpc) is 3.41. The Hall–Kier alpha value is -2.65. The number of aromatic nitrogens is 4. The lowest BCUT2D eigenvalue weighted by Gasteiger charge is -2.13. The first-order valence-electron chi connectivity index (χ1n) is 10.4. The van der Waals surface area contributed by atoms with E-state index in [4.69, 9.17) is 0 Å². The number of amides is 1. The second-order valence-corrected chi connectivity index (χ2v) is 9.35. The second kappa shape index (κ2) is 9.65. The number of carbonyl (C=O) groups is 1. The Morgan fingerprint density at radius 1 is 1.23 bits per heavy atom. The summed E-state index contributed by atoms with van der Waals surface area (Å²) in [5.41, 5.74) is 2.03. The van der Waals surface area contributed by atoms with E-state index in [9.17, 15) is 9.59 Å². The van der Waals surface area contributed by atoms with Crippen molar-refractivity contribution in [2.75, 3.05) is 5.75 Å². The first-order chi connectivity index (χ1) is 15.1. The van der Waals surface area contributed by atoms with Crippen LogP contribution in [0, 0.1) is 0 Å². The van der Waals surface area contributed by atoms with E-state index in [1.165, 1.54) is 28.7 Å². The van der Waals surface area contributed by atoms with Crippen molar-refractivity contribution in [3.05, 3.63) is 57.7 Å². The van der Waals surface area contributed by atoms with E-state index >= 15 is 0 Å². The normalized spacial score (nSPS) is 12.5. The molecule has 0 bridgehead atoms. The van der Waals surface area contributed by atoms with Gasteiger partial charge in [-0.1, -0.05) is 49.0 Å². The Labute approximate surface area is 188 Å². The van der Waals surface area contributed by atoms with Gasteiger partial charge in [-0.3, -0.25) is 18.6 Å². The number of rotatable bonds is 9. The van der Waals surface area contributed by atoms with Crippen LogP contribution in [0.25, 0.3) is 16.0 Å². The van der Waals surface area contributed by atoms with Gasteiger partial charge in [0.25, 0.3) is 5.56 Å². The molecule has 0 fully saturated rings. The lowest BCUT2D eigenvalue weighted by molar-refractivity contribution is -0.119. The number of nitrogens with one attached hydrogen (secondary N) is 1. The molecule has 0 unspecified atom stereocenters. The Kier molecular flexibility index (Phi) is 6.72. The standard InChI is InChI=1S/C22H25N5O2S2/c1-3-12-26-20(29)19-17(11-13-30-19)27-21(26)24-25-22(27)31-14-18(28)23-15(2)9-10-16-7-5-4-6-8-16/h4-8,11,13,15H,3,9-10,12,14H2,1-2H3,(H,23,28)/t15-/m1/s1. The van der Waals surface area contributed by atoms with Gasteiger partial charge in [0.2, 0.25) is 11.7 Å². The zero-order valence-electron chi connectivity index (χ0n) is 17.6. The monoisotopic (exact) mass is 455 g/mol. The molecule has 162 valence electrons. The Morgan fingerprint density at radius 2 is 2.03 bits per heavy atom. The highest BCUT2D eigenvalue weighted by Gasteiger charge is 2.18. The Bertz CT molecular complexity index is 1250. The molecule has 1 amide bonds. The van der Waals surface area contributed by atoms with E-state index in [1.807, 2.05) is 47.9 Å². The molecule has 4 aromatic rings. The summed E-state index contributed by atoms with van der Waals surface area (Å²) in [7, 11) is 0. The molecule has 3 heterocycles. The van der Waals surface area contributed by atoms with Crippen LogP contribution in [0.4, 0.5) is 0 Å². The minimum Gasteiger partial charge on any atom is -0.353 e. The number of fused-ring (bicyclic) bond motifs is 3. The topological polar surface area (TPSA) is 81.3 Å². The Morgan fingerprint density at radius 3 is 2.81 bits per heavy atom. The van der Waals surface area contributed by atoms with E-state index in [0.29, 0.717) is 22.2 Å². The van der Waals surface area contributed by atoms with Crippen LogP contribution in [0.1, 0.15) is 32.3 Å². The highest BCUT2D eigenvalue weighted by atomic mass is 32.2. The third kappa shape index (κ3) is 4.67. The maximum atomic E-state index is 12.8. The number of aryl methyl sites for hydroxylation is 2. The van der Waals surface area contributed by atoms with Crippen LogP contribution >= 0.6 is 23.1 Å². The van der Waals surface area contributed by atoms with Crippen molar-refractivity contribution < 1.29 is 4.79 Å². The van der Waals surface area contributed by atoms with Crippen LogP contribution in [0.2, 0.25) is 0 Å². The average molecular weight is 456 g/mol. The lowest BCUT2D eigenvalue weighted by atomic mass is 10.1. The molecule has 9 heteroatoms. The van der Waals surface area contributed by atoms with Crippen LogP contribution in [-0.4, -0.2) is 36.9 Å². The molecule has 31 heavy (non-hydrogen) atoms. The van der Waals surface area contributed by atoms with Crippen LogP contribution in [0.5, 0.6) is 0 Å². The van der Waals surface area contributed by atoms with Crippen molar-refractivity contribution >= 4 is 45.0 Å². The van der Waals surface area contributed by atoms with E-state index < -0.39 is 0 Å². The number of thiophene rings is 1. The van der Waals surface area contributed by atoms with Crippen LogP contribution < -0.4 is 10.9 Å². The number of thioether (sulfide) groups is 1. The molecule has 0 spiro atoms. The molecule has 0 radical (unpaired) electrons. The van der Waals surface area contributed by atoms with E-state index in [-0.39, 0.29) is 23.3 Å². The van der Waals surface area contributed by atoms with Crippen LogP contribution in [-0.2, 0) is 17.8 Å². The molecule has 0 saturated carbocycles. The zero-order valence-corrected chi connectivity index (χ0v) is 19.2. The summed E-state index contributed by atoms with van der Waals surface area (Å²) in [4.78, 5) is 25.3. The Balaban J connectivity index is 1.44. The smallest absolute Gasteiger partial charge is 0.272 e. The van der Waals surface area contributed by atoms with E-state index in [2.05, 4.69) is 27.6 Å². The largest absolute Gasteiger partial charge is 0.353 e. The predicted molar refractivity (Wildman–Crippen MR) is 126 cm³/mol. The van der Waals surface area contributed by atoms with Crippen molar-refractivity contribution in [3.8, 4) is 0 Å². The van der Waals surface area contributed by atoms with E-state index in [0.717, 1.165) is 24.8 Å². The van der Waals surface area contributed by atoms with Crippen molar-refractivity contribution in [2.45, 2.75) is 50.9 Å². The van der Waals surface area contributed by atoms with Gasteiger partial charge in [0.15, 0.2) is 5.16 Å². The molecule has 1 N–H and O–H groups in total. The van der Waals surface area contributed by atoms with E-state index in [1.54, 1.807) is 4.57 Å². The van der Waals surface area contributed by atoms with Gasteiger partial charge in [-0.25, -0.2) is 0 Å². The number of benzene rings is 1. The summed E-state index contributed by atoms with van der Waals surface area (Å²) in [6.07, 6.45) is 2.63. The van der Waals surface area contributed by atoms with Crippen molar-refractivity contribution in [1.29, 1.82) is 0 Å². The van der Waals surface area contributed by atoms with Gasteiger partial charge in [-0.2, -0.15) is 0 Å². The number of nitrogens with zero attached hydrogens (tertiary/aromatic N) is 4. The maximum Gasteiger partial charge on any atom is 0.272 e. The highest BCUT2D eigenvalue weighted by molar-refractivity contribution is 7.99. The summed E-state index contributed by atoms with van der Waals surface area (Å²) in [5, 5.41) is 14.1. The zero-order chi connectivity index (χ0) is 21.8. The quantitative estimate of drug-likeness (QED) is 0.389. The summed E-state index contributed by atoms with van der Waals surface area (Å²) >= 11 is 2.76. The van der Waals surface area contributed by atoms with Crippen LogP contribution in [0.3, 0.4) is 0 Å². The third-order valence-corrected chi connectivity index (χ3v) is 6.90. The van der Waals surface area contributed by atoms with Crippen molar-refractivity contribution in [3.63, 3.8) is 0 Å². The summed E-state index contributed by atoms with van der Waals surface area (Å²) in [6.45, 7) is 4.63. The summed E-state index contributed by atoms with van der Waals surface area (Å²) in [6, 6.07) is 12.3. The van der Waals surface area contributed by atoms with Gasteiger partial charge in [0.1, 0.15) is 4.70 Å². The fourth-order valence-corrected chi connectivity index (χ4v) is 5.14. The SMILES string of the molecule is CCCn1c(=O)c2sccc2n2c(SCC(=O)N[C@H](C)CCc3ccccc3)nnc12. The van der Waals surface area contributed by atoms with Gasteiger partial charge >= 0.3 is 0 Å². The highest BCUT2D eigenvalue weighted by Crippen LogP contribution is 2.24. The molecular formula is C22H25N5O2S2. The fourth-order valence-electron chi connectivity index (χ4n) is 3.57. The van der Waals surface area contributed by atoms with Crippen molar-refractivity contribution in [2.24, 2.45) is 0 Å². The van der Waals surface area contributed by atoms with Gasteiger partial charge in [0, 0.05) is 12.6 Å². The third-order valence-electron chi connectivity index (χ3n) is 5.08. The first-order valence-corrected chi connectivity index (χ1v) is 12.3. The number of carbonyl (C=O) groups excluding carboxylic acids is 1. The lowest BCUT2D eigenvalue weighted by Crippen LogP contribution is -2.34. The summed E-state index contributed by atoms with van der Waals surface area (Å²) in [5.74, 6) is 0.734. The van der Waals surface area contributed by atoms with Gasteiger partial charge < -0.3 is 5.32 Å². The van der Waals surface area contributed by atoms with Gasteiger partial charge in [-0.15, -0.1) is 21.5 Å². The minimum atomic E-state index is -0.0363. The van der Waals surface area contributed by atoms with Gasteiger partial charge in [-0.05, 0) is 43.2 Å². The maximum absolute atomic E-state index is 12.8. The molecular weight excluding hydrogens is 430 g/mol. The first kappa shape index (κ1) is 21.6.